The Kier molecular flexibility index (Phi) is 5.30. The van der Waals surface area contributed by atoms with Crippen LogP contribution in [0.5, 0.6) is 0 Å². The van der Waals surface area contributed by atoms with Crippen LogP contribution in [0.1, 0.15) is 21.5 Å². The molecule has 146 valence electrons. The molecule has 2 aromatic carbocycles. The summed E-state index contributed by atoms with van der Waals surface area (Å²) in [7, 11) is 1.74. The number of amides is 1. The van der Waals surface area contributed by atoms with Gasteiger partial charge in [0, 0.05) is 38.8 Å². The molecule has 0 aliphatic carbocycles. The van der Waals surface area contributed by atoms with E-state index in [-0.39, 0.29) is 5.91 Å². The van der Waals surface area contributed by atoms with Gasteiger partial charge in [-0.2, -0.15) is 0 Å². The topological polar surface area (TPSA) is 59.1 Å². The number of carbonyl (C=O) groups excluding carboxylic acids is 2. The van der Waals surface area contributed by atoms with Crippen LogP contribution in [0.25, 0.3) is 0 Å². The van der Waals surface area contributed by atoms with E-state index in [4.69, 9.17) is 9.47 Å². The van der Waals surface area contributed by atoms with E-state index in [1.165, 1.54) is 5.69 Å². The maximum Gasteiger partial charge on any atom is 0.339 e. The van der Waals surface area contributed by atoms with Crippen LogP contribution in [0, 0.1) is 0 Å². The zero-order valence-electron chi connectivity index (χ0n) is 16.0. The Morgan fingerprint density at radius 2 is 1.82 bits per heavy atom. The molecule has 1 atom stereocenters. The molecule has 1 unspecified atom stereocenters. The second kappa shape index (κ2) is 8.02. The zero-order valence-corrected chi connectivity index (χ0v) is 16.0. The van der Waals surface area contributed by atoms with Crippen molar-refractivity contribution >= 4 is 17.6 Å². The lowest BCUT2D eigenvalue weighted by molar-refractivity contribution is -0.140. The standard InChI is InChI=1S/C22H24N2O4/c1-23(15-16-6-8-18(9-7-16)24-10-12-27-13-11-24)21(25)20-14-17-4-2-3-5-19(17)22(26)28-20/h2-9,20H,10-15H2,1H3. The van der Waals surface area contributed by atoms with Crippen LogP contribution in [-0.2, 0) is 27.2 Å². The summed E-state index contributed by atoms with van der Waals surface area (Å²) in [6.45, 7) is 3.76. The monoisotopic (exact) mass is 380 g/mol. The lowest BCUT2D eigenvalue weighted by Gasteiger charge is -2.29. The molecule has 2 aliphatic heterocycles. The molecule has 0 radical (unpaired) electrons. The number of ether oxygens (including phenoxy) is 2. The summed E-state index contributed by atoms with van der Waals surface area (Å²) in [5, 5.41) is 0. The average molecular weight is 380 g/mol. The molecule has 6 nitrogen and oxygen atoms in total. The fourth-order valence-corrected chi connectivity index (χ4v) is 3.70. The highest BCUT2D eigenvalue weighted by molar-refractivity contribution is 5.95. The lowest BCUT2D eigenvalue weighted by atomic mass is 9.98. The molecule has 28 heavy (non-hydrogen) atoms. The number of morpholine rings is 1. The summed E-state index contributed by atoms with van der Waals surface area (Å²) >= 11 is 0. The summed E-state index contributed by atoms with van der Waals surface area (Å²) in [4.78, 5) is 28.9. The number of fused-ring (bicyclic) bond motifs is 1. The van der Waals surface area contributed by atoms with Gasteiger partial charge in [-0.3, -0.25) is 4.79 Å². The van der Waals surface area contributed by atoms with Gasteiger partial charge in [0.2, 0.25) is 0 Å². The maximum absolute atomic E-state index is 12.8. The van der Waals surface area contributed by atoms with Gasteiger partial charge < -0.3 is 19.3 Å². The normalized spacial score (nSPS) is 19.0. The number of likely N-dealkylation sites (N-methyl/N-ethyl adjacent to an activating group) is 1. The van der Waals surface area contributed by atoms with Crippen molar-refractivity contribution in [1.82, 2.24) is 4.90 Å². The number of nitrogens with zero attached hydrogens (tertiary/aromatic N) is 2. The Bertz CT molecular complexity index is 859. The molecule has 1 saturated heterocycles. The highest BCUT2D eigenvalue weighted by Gasteiger charge is 2.32. The highest BCUT2D eigenvalue weighted by atomic mass is 16.5. The van der Waals surface area contributed by atoms with Gasteiger partial charge in [-0.05, 0) is 29.3 Å². The number of hydrogen-bond donors (Lipinski definition) is 0. The van der Waals surface area contributed by atoms with Gasteiger partial charge in [0.15, 0.2) is 6.10 Å². The van der Waals surface area contributed by atoms with Crippen molar-refractivity contribution < 1.29 is 19.1 Å². The molecule has 2 heterocycles. The van der Waals surface area contributed by atoms with Crippen molar-refractivity contribution in [3.8, 4) is 0 Å². The fraction of sp³-hybridized carbons (Fsp3) is 0.364. The number of benzene rings is 2. The third kappa shape index (κ3) is 3.87. The van der Waals surface area contributed by atoms with Crippen molar-refractivity contribution in [3.05, 3.63) is 65.2 Å². The molecule has 4 rings (SSSR count). The first-order chi connectivity index (χ1) is 13.6. The van der Waals surface area contributed by atoms with E-state index in [1.807, 2.05) is 24.3 Å². The highest BCUT2D eigenvalue weighted by Crippen LogP contribution is 2.22. The first-order valence-electron chi connectivity index (χ1n) is 9.57. The van der Waals surface area contributed by atoms with Crippen LogP contribution in [0.15, 0.2) is 48.5 Å². The summed E-state index contributed by atoms with van der Waals surface area (Å²) in [5.41, 5.74) is 3.61. The predicted octanol–water partition coefficient (Wildman–Crippen LogP) is 2.26. The van der Waals surface area contributed by atoms with Gasteiger partial charge >= 0.3 is 5.97 Å². The molecule has 1 fully saturated rings. The first kappa shape index (κ1) is 18.5. The molecule has 0 N–H and O–H groups in total. The van der Waals surface area contributed by atoms with Crippen LogP contribution in [0.2, 0.25) is 0 Å². The Morgan fingerprint density at radius 1 is 1.11 bits per heavy atom. The number of hydrogen-bond acceptors (Lipinski definition) is 5. The van der Waals surface area contributed by atoms with E-state index >= 15 is 0 Å². The van der Waals surface area contributed by atoms with Crippen LogP contribution in [0.4, 0.5) is 5.69 Å². The minimum Gasteiger partial charge on any atom is -0.448 e. The van der Waals surface area contributed by atoms with E-state index in [0.717, 1.165) is 37.4 Å². The minimum absolute atomic E-state index is 0.180. The van der Waals surface area contributed by atoms with Gasteiger partial charge in [0.1, 0.15) is 0 Å². The second-order valence-electron chi connectivity index (χ2n) is 7.22. The Hall–Kier alpha value is -2.86. The van der Waals surface area contributed by atoms with Gasteiger partial charge in [-0.1, -0.05) is 30.3 Å². The molecule has 0 saturated carbocycles. The molecule has 1 amide bonds. The van der Waals surface area contributed by atoms with Crippen molar-refractivity contribution in [1.29, 1.82) is 0 Å². The largest absolute Gasteiger partial charge is 0.448 e. The fourth-order valence-electron chi connectivity index (χ4n) is 3.70. The maximum atomic E-state index is 12.8. The van der Waals surface area contributed by atoms with E-state index < -0.39 is 12.1 Å². The van der Waals surface area contributed by atoms with Gasteiger partial charge in [0.25, 0.3) is 5.91 Å². The smallest absolute Gasteiger partial charge is 0.339 e. The number of rotatable bonds is 4. The summed E-state index contributed by atoms with van der Waals surface area (Å²) in [5.74, 6) is -0.608. The van der Waals surface area contributed by atoms with Crippen molar-refractivity contribution in [2.24, 2.45) is 0 Å². The number of carbonyl (C=O) groups is 2. The van der Waals surface area contributed by atoms with Gasteiger partial charge in [-0.25, -0.2) is 4.79 Å². The lowest BCUT2D eigenvalue weighted by Crippen LogP contribution is -2.42. The molecule has 0 spiro atoms. The SMILES string of the molecule is CN(Cc1ccc(N2CCOCC2)cc1)C(=O)C1Cc2ccccc2C(=O)O1. The predicted molar refractivity (Wildman–Crippen MR) is 105 cm³/mol. The molecule has 6 heteroatoms. The van der Waals surface area contributed by atoms with E-state index in [0.29, 0.717) is 18.5 Å². The van der Waals surface area contributed by atoms with E-state index in [2.05, 4.69) is 17.0 Å². The third-order valence-corrected chi connectivity index (χ3v) is 5.28. The van der Waals surface area contributed by atoms with Crippen molar-refractivity contribution in [3.63, 3.8) is 0 Å². The van der Waals surface area contributed by atoms with Crippen molar-refractivity contribution in [2.45, 2.75) is 19.1 Å². The summed E-state index contributed by atoms with van der Waals surface area (Å²) in [6.07, 6.45) is -0.346. The van der Waals surface area contributed by atoms with Crippen LogP contribution >= 0.6 is 0 Å². The summed E-state index contributed by atoms with van der Waals surface area (Å²) < 4.78 is 10.8. The van der Waals surface area contributed by atoms with Crippen LogP contribution in [0.3, 0.4) is 0 Å². The Morgan fingerprint density at radius 3 is 2.57 bits per heavy atom. The zero-order chi connectivity index (χ0) is 19.5. The molecular weight excluding hydrogens is 356 g/mol. The van der Waals surface area contributed by atoms with Gasteiger partial charge in [-0.15, -0.1) is 0 Å². The van der Waals surface area contributed by atoms with Gasteiger partial charge in [0.05, 0.1) is 18.8 Å². The van der Waals surface area contributed by atoms with E-state index in [1.54, 1.807) is 24.1 Å². The first-order valence-corrected chi connectivity index (χ1v) is 9.57. The molecule has 2 aliphatic rings. The van der Waals surface area contributed by atoms with Crippen LogP contribution < -0.4 is 4.90 Å². The number of cyclic esters (lactones) is 1. The second-order valence-corrected chi connectivity index (χ2v) is 7.22. The number of esters is 1. The number of anilines is 1. The average Bonchev–Trinajstić information content (AvgIpc) is 2.74. The van der Waals surface area contributed by atoms with Crippen molar-refractivity contribution in [2.75, 3.05) is 38.3 Å². The quantitative estimate of drug-likeness (QED) is 0.762. The third-order valence-electron chi connectivity index (χ3n) is 5.28. The van der Waals surface area contributed by atoms with E-state index in [9.17, 15) is 9.59 Å². The molecular formula is C22H24N2O4. The van der Waals surface area contributed by atoms with Crippen LogP contribution in [-0.4, -0.2) is 56.2 Å². The summed E-state index contributed by atoms with van der Waals surface area (Å²) in [6, 6.07) is 15.5. The molecule has 0 bridgehead atoms. The molecule has 0 aromatic heterocycles. The Labute approximate surface area is 164 Å². The molecule has 2 aromatic rings. The minimum atomic E-state index is -0.764. The Balaban J connectivity index is 1.39.